The van der Waals surface area contributed by atoms with Gasteiger partial charge in [-0.3, -0.25) is 9.59 Å². The standard InChI is InChI=1S/C30H28F3N3O4/c31-30(32,33)40-25-3-1-2-20(14-25)16-34-29(39)26-18-36-17-24(12-13-27(36)35-26)23-10-8-22(9-11-23)21-6-4-19(5-7-21)15-28(37)38/h1-3,8-14,17-19,21H,4-7,15-16H2,(H,34,39)(H,37,38)/t19-,21-. The zero-order valence-electron chi connectivity index (χ0n) is 21.5. The fourth-order valence-corrected chi connectivity index (χ4v) is 5.29. The molecule has 1 amide bonds. The van der Waals surface area contributed by atoms with Crippen LogP contribution in [-0.2, 0) is 11.3 Å². The first-order valence-corrected chi connectivity index (χ1v) is 13.1. The number of aliphatic carboxylic acids is 1. The molecular weight excluding hydrogens is 523 g/mol. The molecule has 0 saturated heterocycles. The molecule has 2 heterocycles. The second-order valence-corrected chi connectivity index (χ2v) is 10.1. The Balaban J connectivity index is 1.21. The summed E-state index contributed by atoms with van der Waals surface area (Å²) in [5.74, 6) is -0.813. The van der Waals surface area contributed by atoms with Gasteiger partial charge in [0, 0.05) is 25.4 Å². The zero-order chi connectivity index (χ0) is 28.3. The number of imidazole rings is 1. The Hall–Kier alpha value is -4.34. The Morgan fingerprint density at radius 2 is 1.70 bits per heavy atom. The number of halogens is 3. The van der Waals surface area contributed by atoms with Crippen LogP contribution in [0.3, 0.4) is 0 Å². The van der Waals surface area contributed by atoms with Crippen molar-refractivity contribution in [2.45, 2.75) is 50.9 Å². The number of amides is 1. The van der Waals surface area contributed by atoms with Gasteiger partial charge < -0.3 is 19.6 Å². The topological polar surface area (TPSA) is 92.9 Å². The van der Waals surface area contributed by atoms with Crippen molar-refractivity contribution in [3.05, 3.63) is 89.9 Å². The first-order chi connectivity index (χ1) is 19.1. The first-order valence-electron chi connectivity index (χ1n) is 13.1. The average molecular weight is 552 g/mol. The van der Waals surface area contributed by atoms with Crippen LogP contribution in [0.25, 0.3) is 16.8 Å². The summed E-state index contributed by atoms with van der Waals surface area (Å²) in [5.41, 5.74) is 4.47. The zero-order valence-corrected chi connectivity index (χ0v) is 21.5. The van der Waals surface area contributed by atoms with E-state index in [1.807, 2.05) is 18.3 Å². The Labute approximate surface area is 228 Å². The number of nitrogens with zero attached hydrogens (tertiary/aromatic N) is 2. The smallest absolute Gasteiger partial charge is 0.481 e. The van der Waals surface area contributed by atoms with E-state index in [2.05, 4.69) is 39.3 Å². The van der Waals surface area contributed by atoms with Crippen molar-refractivity contribution in [3.8, 4) is 16.9 Å². The molecule has 0 unspecified atom stereocenters. The van der Waals surface area contributed by atoms with E-state index in [-0.39, 0.29) is 30.3 Å². The third-order valence-corrected chi connectivity index (χ3v) is 7.29. The van der Waals surface area contributed by atoms with Crippen molar-refractivity contribution < 1.29 is 32.6 Å². The molecule has 0 atom stereocenters. The number of alkyl halides is 3. The van der Waals surface area contributed by atoms with E-state index in [4.69, 9.17) is 5.11 Å². The molecule has 0 spiro atoms. The van der Waals surface area contributed by atoms with Crippen molar-refractivity contribution in [1.29, 1.82) is 0 Å². The Kier molecular flexibility index (Phi) is 7.77. The fourth-order valence-electron chi connectivity index (χ4n) is 5.29. The number of carbonyl (C=O) groups excluding carboxylic acids is 1. The molecule has 1 aliphatic rings. The SMILES string of the molecule is O=C(O)C[C@H]1CC[C@H](c2ccc(-c3ccc4nc(C(=O)NCc5cccc(OC(F)(F)F)c5)cn4c3)cc2)CC1. The van der Waals surface area contributed by atoms with E-state index in [1.165, 1.54) is 23.8 Å². The lowest BCUT2D eigenvalue weighted by Crippen LogP contribution is -2.23. The molecule has 1 saturated carbocycles. The molecule has 7 nitrogen and oxygen atoms in total. The maximum absolute atomic E-state index is 12.7. The van der Waals surface area contributed by atoms with Crippen LogP contribution in [0.15, 0.2) is 73.1 Å². The lowest BCUT2D eigenvalue weighted by molar-refractivity contribution is -0.274. The Morgan fingerprint density at radius 3 is 2.40 bits per heavy atom. The number of hydrogen-bond acceptors (Lipinski definition) is 4. The van der Waals surface area contributed by atoms with Crippen LogP contribution in [0.1, 0.15) is 59.6 Å². The predicted molar refractivity (Wildman–Crippen MR) is 142 cm³/mol. The second kappa shape index (κ2) is 11.4. The van der Waals surface area contributed by atoms with Crippen molar-refractivity contribution in [1.82, 2.24) is 14.7 Å². The summed E-state index contributed by atoms with van der Waals surface area (Å²) >= 11 is 0. The summed E-state index contributed by atoms with van der Waals surface area (Å²) in [5, 5.41) is 11.7. The van der Waals surface area contributed by atoms with Crippen LogP contribution in [0.2, 0.25) is 0 Å². The van der Waals surface area contributed by atoms with E-state index in [0.717, 1.165) is 36.8 Å². The predicted octanol–water partition coefficient (Wildman–Crippen LogP) is 6.58. The van der Waals surface area contributed by atoms with Crippen molar-refractivity contribution in [2.75, 3.05) is 0 Å². The van der Waals surface area contributed by atoms with Gasteiger partial charge in [0.15, 0.2) is 0 Å². The number of hydrogen-bond donors (Lipinski definition) is 2. The Bertz CT molecular complexity index is 1510. The van der Waals surface area contributed by atoms with E-state index < -0.39 is 18.2 Å². The molecule has 40 heavy (non-hydrogen) atoms. The number of aromatic nitrogens is 2. The summed E-state index contributed by atoms with van der Waals surface area (Å²) in [6, 6.07) is 17.6. The van der Waals surface area contributed by atoms with Crippen LogP contribution in [0.5, 0.6) is 5.75 Å². The van der Waals surface area contributed by atoms with Gasteiger partial charge in [0.25, 0.3) is 5.91 Å². The average Bonchev–Trinajstić information content (AvgIpc) is 3.35. The normalized spacial score (nSPS) is 17.5. The van der Waals surface area contributed by atoms with Crippen LogP contribution in [0, 0.1) is 5.92 Å². The summed E-state index contributed by atoms with van der Waals surface area (Å²) in [6.45, 7) is 0.0145. The van der Waals surface area contributed by atoms with Crippen LogP contribution in [-0.4, -0.2) is 32.7 Å². The van der Waals surface area contributed by atoms with Gasteiger partial charge in [-0.15, -0.1) is 13.2 Å². The van der Waals surface area contributed by atoms with Gasteiger partial charge >= 0.3 is 12.3 Å². The third-order valence-electron chi connectivity index (χ3n) is 7.29. The minimum absolute atomic E-state index is 0.0145. The molecule has 2 N–H and O–H groups in total. The number of ether oxygens (including phenoxy) is 1. The lowest BCUT2D eigenvalue weighted by atomic mass is 9.77. The third kappa shape index (κ3) is 6.80. The molecule has 1 aliphatic carbocycles. The number of nitrogens with one attached hydrogen (secondary N) is 1. The number of carbonyl (C=O) groups is 2. The summed E-state index contributed by atoms with van der Waals surface area (Å²) in [4.78, 5) is 28.0. The fraction of sp³-hybridized carbons (Fsp3) is 0.300. The van der Waals surface area contributed by atoms with Gasteiger partial charge in [0.1, 0.15) is 17.1 Å². The molecule has 5 rings (SSSR count). The number of fused-ring (bicyclic) bond motifs is 1. The molecule has 208 valence electrons. The summed E-state index contributed by atoms with van der Waals surface area (Å²) in [7, 11) is 0. The highest BCUT2D eigenvalue weighted by Gasteiger charge is 2.31. The second-order valence-electron chi connectivity index (χ2n) is 10.1. The van der Waals surface area contributed by atoms with Gasteiger partial charge in [-0.1, -0.05) is 36.4 Å². The highest BCUT2D eigenvalue weighted by molar-refractivity contribution is 5.92. The summed E-state index contributed by atoms with van der Waals surface area (Å²) in [6.07, 6.45) is 2.83. The molecule has 2 aromatic carbocycles. The van der Waals surface area contributed by atoms with Crippen molar-refractivity contribution in [2.24, 2.45) is 5.92 Å². The van der Waals surface area contributed by atoms with Crippen LogP contribution in [0.4, 0.5) is 13.2 Å². The lowest BCUT2D eigenvalue weighted by Gasteiger charge is -2.28. The van der Waals surface area contributed by atoms with Crippen molar-refractivity contribution in [3.63, 3.8) is 0 Å². The maximum atomic E-state index is 12.7. The number of benzene rings is 2. The molecule has 0 bridgehead atoms. The molecule has 0 aliphatic heterocycles. The molecule has 10 heteroatoms. The summed E-state index contributed by atoms with van der Waals surface area (Å²) < 4.78 is 43.1. The molecule has 4 aromatic rings. The van der Waals surface area contributed by atoms with E-state index >= 15 is 0 Å². The molecule has 0 radical (unpaired) electrons. The van der Waals surface area contributed by atoms with E-state index in [1.54, 1.807) is 16.7 Å². The minimum atomic E-state index is -4.79. The number of carboxylic acids is 1. The largest absolute Gasteiger partial charge is 0.573 e. The van der Waals surface area contributed by atoms with Gasteiger partial charge in [0.2, 0.25) is 0 Å². The quantitative estimate of drug-likeness (QED) is 0.258. The highest BCUT2D eigenvalue weighted by atomic mass is 19.4. The van der Waals surface area contributed by atoms with Gasteiger partial charge in [0.05, 0.1) is 0 Å². The van der Waals surface area contributed by atoms with E-state index in [9.17, 15) is 22.8 Å². The van der Waals surface area contributed by atoms with Crippen molar-refractivity contribution >= 4 is 17.5 Å². The molecule has 1 fully saturated rings. The Morgan fingerprint density at radius 1 is 0.975 bits per heavy atom. The molecular formula is C30H28F3N3O4. The van der Waals surface area contributed by atoms with E-state index in [0.29, 0.717) is 17.1 Å². The van der Waals surface area contributed by atoms with Crippen LogP contribution >= 0.6 is 0 Å². The van der Waals surface area contributed by atoms with Crippen LogP contribution < -0.4 is 10.1 Å². The number of pyridine rings is 1. The number of rotatable bonds is 8. The number of carboxylic acid groups (broad SMARTS) is 1. The van der Waals surface area contributed by atoms with Gasteiger partial charge in [-0.05, 0) is 84.0 Å². The monoisotopic (exact) mass is 551 g/mol. The van der Waals surface area contributed by atoms with Gasteiger partial charge in [-0.25, -0.2) is 4.98 Å². The maximum Gasteiger partial charge on any atom is 0.573 e. The van der Waals surface area contributed by atoms with Gasteiger partial charge in [-0.2, -0.15) is 0 Å². The molecule has 2 aromatic heterocycles. The highest BCUT2D eigenvalue weighted by Crippen LogP contribution is 2.37. The minimum Gasteiger partial charge on any atom is -0.481 e. The first kappa shape index (κ1) is 27.2.